The van der Waals surface area contributed by atoms with Gasteiger partial charge in [0, 0.05) is 0 Å². The van der Waals surface area contributed by atoms with Crippen LogP contribution in [0.5, 0.6) is 0 Å². The molecule has 0 aromatic rings. The van der Waals surface area contributed by atoms with Crippen molar-refractivity contribution < 1.29 is 55.5 Å². The van der Waals surface area contributed by atoms with Crippen LogP contribution < -0.4 is 14.7 Å². The predicted molar refractivity (Wildman–Crippen MR) is 111 cm³/mol. The van der Waals surface area contributed by atoms with E-state index in [-0.39, 0.29) is 57.9 Å². The normalized spacial score (nSPS) is 18.1. The molecule has 0 aliphatic carbocycles. The van der Waals surface area contributed by atoms with Gasteiger partial charge in [-0.05, 0) is 37.5 Å². The highest BCUT2D eigenvalue weighted by molar-refractivity contribution is 7.46. The Morgan fingerprint density at radius 1 is 0.562 bits per heavy atom. The van der Waals surface area contributed by atoms with Gasteiger partial charge in [-0.2, -0.15) is 0 Å². The van der Waals surface area contributed by atoms with E-state index in [4.69, 9.17) is 4.52 Å². The van der Waals surface area contributed by atoms with Crippen LogP contribution in [0.3, 0.4) is 0 Å². The van der Waals surface area contributed by atoms with Crippen LogP contribution in [0.4, 0.5) is 0 Å². The quantitative estimate of drug-likeness (QED) is 0.168. The highest BCUT2D eigenvalue weighted by Crippen LogP contribution is 2.41. The van der Waals surface area contributed by atoms with Gasteiger partial charge in [0.1, 0.15) is 0 Å². The molecule has 0 bridgehead atoms. The molecule has 0 heterocycles. The summed E-state index contributed by atoms with van der Waals surface area (Å²) < 4.78 is 62.3. The molecule has 0 N–H and O–H groups in total. The first-order chi connectivity index (χ1) is 14.7. The molecule has 194 valence electrons. The lowest BCUT2D eigenvalue weighted by atomic mass is 9.91. The van der Waals surface area contributed by atoms with Gasteiger partial charge in [-0.15, -0.1) is 0 Å². The maximum Gasteiger partial charge on any atom is 0.267 e. The fourth-order valence-electron chi connectivity index (χ4n) is 2.03. The van der Waals surface area contributed by atoms with Crippen molar-refractivity contribution in [3.63, 3.8) is 0 Å². The summed E-state index contributed by atoms with van der Waals surface area (Å²) in [6, 6.07) is 0. The lowest BCUT2D eigenvalue weighted by Gasteiger charge is -2.25. The summed E-state index contributed by atoms with van der Waals surface area (Å²) in [6.07, 6.45) is 2.60. The van der Waals surface area contributed by atoms with Gasteiger partial charge in [-0.25, -0.2) is 0 Å². The molecule has 12 nitrogen and oxygen atoms in total. The third-order valence-electron chi connectivity index (χ3n) is 3.64. The number of hydrogen-bond acceptors (Lipinski definition) is 12. The summed E-state index contributed by atoms with van der Waals surface area (Å²) in [4.78, 5) is 34.6. The Kier molecular flexibility index (Phi) is 16.3. The third-order valence-corrected chi connectivity index (χ3v) is 6.64. The third kappa shape index (κ3) is 20.9. The first-order valence-electron chi connectivity index (χ1n) is 10.5. The Morgan fingerprint density at radius 3 is 1.12 bits per heavy atom. The van der Waals surface area contributed by atoms with E-state index in [1.165, 1.54) is 0 Å². The summed E-state index contributed by atoms with van der Waals surface area (Å²) in [5, 5.41) is 0. The topological polar surface area (TPSA) is 176 Å². The van der Waals surface area contributed by atoms with Crippen molar-refractivity contribution in [3.8, 4) is 0 Å². The lowest BCUT2D eigenvalue weighted by Crippen LogP contribution is -2.14. The second-order valence-electron chi connectivity index (χ2n) is 8.07. The van der Waals surface area contributed by atoms with E-state index >= 15 is 0 Å². The number of unbranched alkanes of at least 4 members (excludes halogenated alkanes) is 1. The van der Waals surface area contributed by atoms with E-state index in [0.29, 0.717) is 12.8 Å². The van der Waals surface area contributed by atoms with Crippen LogP contribution in [0.25, 0.3) is 0 Å². The molecule has 0 saturated heterocycles. The molecule has 0 rings (SSSR count). The molecule has 0 radical (unpaired) electrons. The fourth-order valence-corrected chi connectivity index (χ4v) is 4.37. The van der Waals surface area contributed by atoms with Gasteiger partial charge >= 0.3 is 0 Å². The van der Waals surface area contributed by atoms with E-state index in [9.17, 15) is 28.4 Å². The Morgan fingerprint density at radius 2 is 0.844 bits per heavy atom. The van der Waals surface area contributed by atoms with Crippen molar-refractivity contribution in [1.29, 1.82) is 0 Å². The molecule has 0 fully saturated rings. The van der Waals surface area contributed by atoms with E-state index in [1.54, 1.807) is 0 Å². The smallest absolute Gasteiger partial charge is 0.267 e. The fraction of sp³-hybridized carbons (Fsp3) is 1.00. The molecule has 0 aromatic carbocycles. The van der Waals surface area contributed by atoms with Gasteiger partial charge in [0.25, 0.3) is 23.5 Å². The average molecular weight is 525 g/mol. The average Bonchev–Trinajstić information content (AvgIpc) is 2.64. The van der Waals surface area contributed by atoms with Crippen molar-refractivity contribution in [1.82, 2.24) is 0 Å². The van der Waals surface area contributed by atoms with Crippen LogP contribution >= 0.6 is 23.5 Å². The number of hydrogen-bond donors (Lipinski definition) is 0. The van der Waals surface area contributed by atoms with Crippen LogP contribution in [0.1, 0.15) is 66.2 Å². The standard InChI is InChI=1S/C17H39O12P3/c1-5-6-11-24-30(18,19)26-13-8-15-28-32(22,23)29-16-9-14-27-31(20,21)25-12-7-10-17(2,3)4/h5-16H2,1-4H3,(H,18,19)(H,20,21)(H,22,23)/p-3. The van der Waals surface area contributed by atoms with Crippen molar-refractivity contribution in [2.45, 2.75) is 66.2 Å². The number of rotatable bonds is 20. The molecule has 15 heteroatoms. The monoisotopic (exact) mass is 525 g/mol. The first-order valence-corrected chi connectivity index (χ1v) is 14.9. The highest BCUT2D eigenvalue weighted by atomic mass is 31.2. The molecule has 0 aliphatic rings. The Labute approximate surface area is 190 Å². The second kappa shape index (κ2) is 16.1. The van der Waals surface area contributed by atoms with Gasteiger partial charge in [0.15, 0.2) is 0 Å². The maximum absolute atomic E-state index is 11.6. The number of phosphoric ester groups is 3. The van der Waals surface area contributed by atoms with E-state index in [1.807, 2.05) is 27.7 Å². The zero-order valence-corrected chi connectivity index (χ0v) is 21.9. The number of phosphoric acid groups is 3. The summed E-state index contributed by atoms with van der Waals surface area (Å²) in [5.41, 5.74) is 0.0660. The van der Waals surface area contributed by atoms with E-state index in [0.717, 1.165) is 12.8 Å². The van der Waals surface area contributed by atoms with Crippen molar-refractivity contribution in [3.05, 3.63) is 0 Å². The highest BCUT2D eigenvalue weighted by Gasteiger charge is 2.14. The lowest BCUT2D eigenvalue weighted by molar-refractivity contribution is -0.227. The van der Waals surface area contributed by atoms with Crippen LogP contribution in [0, 0.1) is 5.41 Å². The molecule has 0 amide bonds. The maximum atomic E-state index is 11.6. The molecule has 3 atom stereocenters. The molecule has 0 spiro atoms. The second-order valence-corrected chi connectivity index (χ2v) is 12.3. The minimum absolute atomic E-state index is 0.00846. The van der Waals surface area contributed by atoms with Crippen molar-refractivity contribution >= 4 is 23.5 Å². The Balaban J connectivity index is 3.86. The Hall–Kier alpha value is 0.330. The summed E-state index contributed by atoms with van der Waals surface area (Å²) >= 11 is 0. The van der Waals surface area contributed by atoms with Crippen LogP contribution in [-0.2, 0) is 40.8 Å². The zero-order chi connectivity index (χ0) is 24.7. The molecule has 3 unspecified atom stereocenters. The van der Waals surface area contributed by atoms with Crippen LogP contribution in [-0.4, -0.2) is 39.6 Å². The van der Waals surface area contributed by atoms with E-state index < -0.39 is 23.5 Å². The first kappa shape index (κ1) is 32.3. The minimum Gasteiger partial charge on any atom is -0.756 e. The van der Waals surface area contributed by atoms with Crippen LogP contribution in [0.15, 0.2) is 0 Å². The Bertz CT molecular complexity index is 637. The molecule has 0 aromatic heterocycles. The van der Waals surface area contributed by atoms with Crippen LogP contribution in [0.2, 0.25) is 0 Å². The summed E-state index contributed by atoms with van der Waals surface area (Å²) in [5.74, 6) is 0. The SMILES string of the molecule is CCCCOP(=O)([O-])OCCCOP(=O)([O-])OCCCOP(=O)([O-])OCCCC(C)(C)C. The van der Waals surface area contributed by atoms with Gasteiger partial charge in [-0.3, -0.25) is 13.7 Å². The molecule has 32 heavy (non-hydrogen) atoms. The van der Waals surface area contributed by atoms with Gasteiger partial charge in [0.2, 0.25) is 0 Å². The summed E-state index contributed by atoms with van der Waals surface area (Å²) in [6.45, 7) is 6.65. The van der Waals surface area contributed by atoms with Gasteiger partial charge < -0.3 is 41.8 Å². The molecule has 0 aliphatic heterocycles. The molecular formula is C17H36O12P3-3. The minimum atomic E-state index is -4.63. The molecule has 0 saturated carbocycles. The summed E-state index contributed by atoms with van der Waals surface area (Å²) in [7, 11) is -13.5. The van der Waals surface area contributed by atoms with Crippen molar-refractivity contribution in [2.75, 3.05) is 39.6 Å². The van der Waals surface area contributed by atoms with Crippen molar-refractivity contribution in [2.24, 2.45) is 5.41 Å². The van der Waals surface area contributed by atoms with Gasteiger partial charge in [0.05, 0.1) is 39.6 Å². The largest absolute Gasteiger partial charge is 0.756 e. The molecular weight excluding hydrogens is 489 g/mol. The zero-order valence-electron chi connectivity index (χ0n) is 19.2. The van der Waals surface area contributed by atoms with E-state index in [2.05, 4.69) is 22.6 Å². The van der Waals surface area contributed by atoms with Gasteiger partial charge in [-0.1, -0.05) is 34.1 Å². The predicted octanol–water partition coefficient (Wildman–Crippen LogP) is 2.90.